The number of hydrogen-bond acceptors (Lipinski definition) is 3. The Morgan fingerprint density at radius 3 is 0.854 bits per heavy atom. The van der Waals surface area contributed by atoms with E-state index in [0.29, 0.717) is 13.2 Å². The highest BCUT2D eigenvalue weighted by Crippen LogP contribution is 2.15. The molecule has 0 radical (unpaired) electrons. The third-order valence-corrected chi connectivity index (χ3v) is 8.43. The first-order valence-electron chi connectivity index (χ1n) is 19.1. The van der Waals surface area contributed by atoms with Crippen LogP contribution in [-0.2, 0) is 4.74 Å². The molecule has 41 heavy (non-hydrogen) atoms. The Bertz CT molecular complexity index is 398. The molecule has 1 unspecified atom stereocenters. The summed E-state index contributed by atoms with van der Waals surface area (Å²) in [6.07, 6.45) is 43.1. The first kappa shape index (κ1) is 43.0. The molecule has 0 aromatic carbocycles. The van der Waals surface area contributed by atoms with Gasteiger partial charge in [-0.2, -0.15) is 0 Å². The fourth-order valence-electron chi connectivity index (χ4n) is 5.63. The third kappa shape index (κ3) is 44.4. The van der Waals surface area contributed by atoms with Crippen LogP contribution in [0.15, 0.2) is 0 Å². The smallest absolute Gasteiger partial charge is 0.154 e. The highest BCUT2D eigenvalue weighted by Gasteiger charge is 2.01. The molecule has 0 heterocycles. The predicted octanol–water partition coefficient (Wildman–Crippen LogP) is 12.8. The number of aliphatic hydroxyl groups excluding tert-OH is 2. The van der Waals surface area contributed by atoms with Crippen LogP contribution in [-0.4, -0.2) is 29.7 Å². The minimum atomic E-state index is -0.535. The van der Waals surface area contributed by atoms with Crippen molar-refractivity contribution in [1.82, 2.24) is 0 Å². The van der Waals surface area contributed by atoms with E-state index in [1.165, 1.54) is 186 Å². The summed E-state index contributed by atoms with van der Waals surface area (Å²) in [4.78, 5) is 0. The fourth-order valence-corrected chi connectivity index (χ4v) is 5.63. The van der Waals surface area contributed by atoms with E-state index in [9.17, 15) is 5.11 Å². The van der Waals surface area contributed by atoms with Crippen molar-refractivity contribution in [2.45, 2.75) is 233 Å². The Morgan fingerprint density at radius 1 is 0.366 bits per heavy atom. The van der Waals surface area contributed by atoms with Gasteiger partial charge < -0.3 is 14.9 Å². The monoisotopic (exact) mass is 585 g/mol. The summed E-state index contributed by atoms with van der Waals surface area (Å²) in [6, 6.07) is 0. The quantitative estimate of drug-likeness (QED) is 0.0584. The van der Waals surface area contributed by atoms with E-state index in [1.54, 1.807) is 0 Å². The van der Waals surface area contributed by atoms with E-state index in [2.05, 4.69) is 13.8 Å². The summed E-state index contributed by atoms with van der Waals surface area (Å²) >= 11 is 0. The molecule has 0 aliphatic heterocycles. The van der Waals surface area contributed by atoms with Gasteiger partial charge in [0.25, 0.3) is 0 Å². The van der Waals surface area contributed by atoms with Crippen molar-refractivity contribution >= 4 is 0 Å². The van der Waals surface area contributed by atoms with Gasteiger partial charge in [-0.3, -0.25) is 0 Å². The van der Waals surface area contributed by atoms with Gasteiger partial charge in [-0.15, -0.1) is 0 Å². The molecule has 2 N–H and O–H groups in total. The summed E-state index contributed by atoms with van der Waals surface area (Å²) in [5, 5.41) is 18.1. The maximum absolute atomic E-state index is 9.43. The summed E-state index contributed by atoms with van der Waals surface area (Å²) in [5.41, 5.74) is 0. The molecule has 0 bridgehead atoms. The molecule has 0 fully saturated rings. The lowest BCUT2D eigenvalue weighted by atomic mass is 10.0. The van der Waals surface area contributed by atoms with E-state index in [-0.39, 0.29) is 0 Å². The van der Waals surface area contributed by atoms with Crippen LogP contribution in [0.1, 0.15) is 226 Å². The zero-order valence-electron chi connectivity index (χ0n) is 28.9. The number of aliphatic hydroxyl groups is 2. The van der Waals surface area contributed by atoms with Gasteiger partial charge in [0.05, 0.1) is 0 Å². The van der Waals surface area contributed by atoms with Crippen LogP contribution < -0.4 is 0 Å². The molecule has 0 aliphatic carbocycles. The zero-order valence-corrected chi connectivity index (χ0v) is 28.9. The fraction of sp³-hybridized carbons (Fsp3) is 1.00. The van der Waals surface area contributed by atoms with Crippen LogP contribution in [0.3, 0.4) is 0 Å². The first-order chi connectivity index (χ1) is 20.2. The SMILES string of the molecule is CCCCCCCCCCCCCCCCCC(O)OCC.CCCCCCCCCCCCCCCCCCO. The second kappa shape index (κ2) is 42.0. The minimum absolute atomic E-state index is 0.373. The lowest BCUT2D eigenvalue weighted by Crippen LogP contribution is -2.10. The molecule has 250 valence electrons. The maximum atomic E-state index is 9.43. The standard InChI is InChI=1S/C20H42O2.C18H38O/c1-3-5-6-7-8-9-10-11-12-13-14-15-16-17-18-19-20(21)22-4-2;1-2-3-4-5-6-7-8-9-10-11-12-13-14-15-16-17-18-19/h20-21H,3-19H2,1-2H3;19H,2-18H2,1H3. The molecule has 0 aromatic rings. The highest BCUT2D eigenvalue weighted by molar-refractivity contribution is 4.52. The first-order valence-corrected chi connectivity index (χ1v) is 19.1. The van der Waals surface area contributed by atoms with E-state index >= 15 is 0 Å². The molecule has 0 aromatic heterocycles. The second-order valence-corrected chi connectivity index (χ2v) is 12.7. The van der Waals surface area contributed by atoms with Gasteiger partial charge in [-0.25, -0.2) is 0 Å². The Morgan fingerprint density at radius 2 is 0.610 bits per heavy atom. The largest absolute Gasteiger partial charge is 0.396 e. The molecule has 1 atom stereocenters. The zero-order chi connectivity index (χ0) is 30.3. The molecular formula is C38H80O3. The third-order valence-electron chi connectivity index (χ3n) is 8.43. The predicted molar refractivity (Wildman–Crippen MR) is 184 cm³/mol. The number of unbranched alkanes of at least 4 members (excludes halogenated alkanes) is 29. The van der Waals surface area contributed by atoms with E-state index in [4.69, 9.17) is 9.84 Å². The maximum Gasteiger partial charge on any atom is 0.154 e. The molecule has 3 nitrogen and oxygen atoms in total. The van der Waals surface area contributed by atoms with Crippen molar-refractivity contribution in [1.29, 1.82) is 0 Å². The summed E-state index contributed by atoms with van der Waals surface area (Å²) in [6.45, 7) is 7.48. The van der Waals surface area contributed by atoms with Crippen LogP contribution in [0.5, 0.6) is 0 Å². The van der Waals surface area contributed by atoms with Gasteiger partial charge in [0.2, 0.25) is 0 Å². The van der Waals surface area contributed by atoms with E-state index in [1.807, 2.05) is 6.92 Å². The average molecular weight is 585 g/mol. The lowest BCUT2D eigenvalue weighted by Gasteiger charge is -2.09. The van der Waals surface area contributed by atoms with E-state index in [0.717, 1.165) is 19.3 Å². The van der Waals surface area contributed by atoms with Crippen LogP contribution >= 0.6 is 0 Å². The van der Waals surface area contributed by atoms with Gasteiger partial charge in [-0.1, -0.05) is 200 Å². The number of hydrogen-bond donors (Lipinski definition) is 2. The van der Waals surface area contributed by atoms with Crippen LogP contribution in [0.4, 0.5) is 0 Å². The van der Waals surface area contributed by atoms with Crippen molar-refractivity contribution in [3.63, 3.8) is 0 Å². The summed E-state index contributed by atoms with van der Waals surface area (Å²) < 4.78 is 5.12. The minimum Gasteiger partial charge on any atom is -0.396 e. The molecule has 0 aliphatic rings. The Labute approximate surface area is 260 Å². The van der Waals surface area contributed by atoms with Crippen molar-refractivity contribution in [2.75, 3.05) is 13.2 Å². The summed E-state index contributed by atoms with van der Waals surface area (Å²) in [5.74, 6) is 0. The summed E-state index contributed by atoms with van der Waals surface area (Å²) in [7, 11) is 0. The molecule has 0 amide bonds. The van der Waals surface area contributed by atoms with E-state index < -0.39 is 6.29 Å². The number of ether oxygens (including phenoxy) is 1. The second-order valence-electron chi connectivity index (χ2n) is 12.7. The Hall–Kier alpha value is -0.120. The van der Waals surface area contributed by atoms with Crippen molar-refractivity contribution < 1.29 is 14.9 Å². The van der Waals surface area contributed by atoms with Crippen molar-refractivity contribution in [3.8, 4) is 0 Å². The van der Waals surface area contributed by atoms with Gasteiger partial charge >= 0.3 is 0 Å². The topological polar surface area (TPSA) is 49.7 Å². The normalized spacial score (nSPS) is 11.9. The molecule has 3 heteroatoms. The Balaban J connectivity index is 0. The molecule has 0 saturated carbocycles. The number of rotatable bonds is 34. The lowest BCUT2D eigenvalue weighted by molar-refractivity contribution is -0.0994. The van der Waals surface area contributed by atoms with Crippen molar-refractivity contribution in [3.05, 3.63) is 0 Å². The van der Waals surface area contributed by atoms with Crippen molar-refractivity contribution in [2.24, 2.45) is 0 Å². The average Bonchev–Trinajstić information content (AvgIpc) is 2.97. The van der Waals surface area contributed by atoms with Gasteiger partial charge in [-0.05, 0) is 26.2 Å². The Kier molecular flexibility index (Phi) is 44.1. The molecule has 0 saturated heterocycles. The highest BCUT2D eigenvalue weighted by atomic mass is 16.6. The van der Waals surface area contributed by atoms with Crippen LogP contribution in [0.25, 0.3) is 0 Å². The van der Waals surface area contributed by atoms with Gasteiger partial charge in [0.1, 0.15) is 0 Å². The van der Waals surface area contributed by atoms with Crippen LogP contribution in [0.2, 0.25) is 0 Å². The molecule has 0 rings (SSSR count). The molecule has 0 spiro atoms. The molecular weight excluding hydrogens is 504 g/mol. The van der Waals surface area contributed by atoms with Gasteiger partial charge in [0, 0.05) is 13.2 Å². The van der Waals surface area contributed by atoms with Gasteiger partial charge in [0.15, 0.2) is 6.29 Å². The van der Waals surface area contributed by atoms with Crippen LogP contribution in [0, 0.1) is 0 Å².